The summed E-state index contributed by atoms with van der Waals surface area (Å²) in [5, 5.41) is 7.54. The molecule has 2 aromatic carbocycles. The molecule has 2 aromatic heterocycles. The van der Waals surface area contributed by atoms with Gasteiger partial charge in [0.05, 0.1) is 23.6 Å². The number of nitrogens with zero attached hydrogens (tertiary/aromatic N) is 2. The molecule has 1 fully saturated rings. The van der Waals surface area contributed by atoms with Crippen LogP contribution in [-0.2, 0) is 16.4 Å². The Morgan fingerprint density at radius 1 is 1.23 bits per heavy atom. The van der Waals surface area contributed by atoms with Crippen molar-refractivity contribution in [2.45, 2.75) is 26.7 Å². The van der Waals surface area contributed by atoms with Crippen molar-refractivity contribution < 1.29 is 13.8 Å². The van der Waals surface area contributed by atoms with E-state index in [2.05, 4.69) is 20.6 Å². The van der Waals surface area contributed by atoms with Gasteiger partial charge in [-0.25, -0.2) is 9.37 Å². The van der Waals surface area contributed by atoms with E-state index < -0.39 is 7.14 Å². The highest BCUT2D eigenvalue weighted by Crippen LogP contribution is 2.47. The van der Waals surface area contributed by atoms with E-state index >= 15 is 0 Å². The van der Waals surface area contributed by atoms with Crippen molar-refractivity contribution in [1.29, 1.82) is 0 Å². The summed E-state index contributed by atoms with van der Waals surface area (Å²) in [4.78, 5) is 33.4. The third kappa shape index (κ3) is 5.41. The molecule has 10 heteroatoms. The summed E-state index contributed by atoms with van der Waals surface area (Å²) in [6.07, 6.45) is 6.24. The number of halogens is 1. The summed E-state index contributed by atoms with van der Waals surface area (Å²) in [5.41, 5.74) is 4.20. The van der Waals surface area contributed by atoms with Crippen molar-refractivity contribution in [1.82, 2.24) is 19.9 Å². The lowest BCUT2D eigenvalue weighted by atomic mass is 10.0. The first-order valence-corrected chi connectivity index (χ1v) is 15.6. The average molecular weight is 550 g/mol. The number of pyridine rings is 1. The van der Waals surface area contributed by atoms with Gasteiger partial charge in [0.25, 0.3) is 5.56 Å². The van der Waals surface area contributed by atoms with E-state index in [0.717, 1.165) is 22.2 Å². The molecule has 0 radical (unpaired) electrons. The fourth-order valence-corrected chi connectivity index (χ4v) is 7.23. The number of nitrogens with one attached hydrogen (secondary N) is 3. The molecule has 1 aliphatic heterocycles. The molecule has 4 aromatic rings. The van der Waals surface area contributed by atoms with Crippen LogP contribution in [0.15, 0.2) is 41.2 Å². The van der Waals surface area contributed by atoms with Crippen molar-refractivity contribution in [3.8, 4) is 0 Å². The van der Waals surface area contributed by atoms with Crippen molar-refractivity contribution in [2.75, 3.05) is 30.9 Å². The lowest BCUT2D eigenvalue weighted by molar-refractivity contribution is -0.125. The molecule has 39 heavy (non-hydrogen) atoms. The van der Waals surface area contributed by atoms with Gasteiger partial charge in [0, 0.05) is 43.2 Å². The van der Waals surface area contributed by atoms with Crippen LogP contribution >= 0.6 is 7.14 Å². The number of aromatic amines is 1. The number of amides is 1. The van der Waals surface area contributed by atoms with Crippen LogP contribution < -0.4 is 16.2 Å². The molecular formula is C29H33FN5O3P. The topological polar surface area (TPSA) is 109 Å². The van der Waals surface area contributed by atoms with Crippen LogP contribution in [0.4, 0.5) is 16.0 Å². The van der Waals surface area contributed by atoms with Gasteiger partial charge in [-0.1, -0.05) is 12.1 Å². The number of aromatic nitrogens is 3. The molecule has 3 N–H and O–H groups in total. The summed E-state index contributed by atoms with van der Waals surface area (Å²) >= 11 is 0. The maximum Gasteiger partial charge on any atom is 0.258 e. The van der Waals surface area contributed by atoms with Crippen LogP contribution in [0.1, 0.15) is 29.7 Å². The molecule has 204 valence electrons. The number of aryl methyl sites for hydroxylation is 3. The normalized spacial score (nSPS) is 19.7. The van der Waals surface area contributed by atoms with Gasteiger partial charge >= 0.3 is 0 Å². The molecule has 0 aliphatic carbocycles. The highest BCUT2D eigenvalue weighted by Gasteiger charge is 2.29. The van der Waals surface area contributed by atoms with Crippen LogP contribution in [-0.4, -0.2) is 46.0 Å². The van der Waals surface area contributed by atoms with Gasteiger partial charge in [0.2, 0.25) is 11.9 Å². The molecule has 0 unspecified atom stereocenters. The fourth-order valence-electron chi connectivity index (χ4n) is 5.29. The number of fused-ring (bicyclic) bond motifs is 3. The lowest BCUT2D eigenvalue weighted by Gasteiger charge is -2.25. The van der Waals surface area contributed by atoms with Crippen LogP contribution in [0.5, 0.6) is 0 Å². The minimum atomic E-state index is -2.05. The van der Waals surface area contributed by atoms with Gasteiger partial charge < -0.3 is 24.7 Å². The first kappa shape index (κ1) is 26.9. The van der Waals surface area contributed by atoms with Gasteiger partial charge in [-0.15, -0.1) is 0 Å². The molecule has 5 rings (SSSR count). The zero-order chi connectivity index (χ0) is 27.9. The Kier molecular flexibility index (Phi) is 7.21. The minimum Gasteiger partial charge on any atom is -0.352 e. The van der Waals surface area contributed by atoms with Crippen molar-refractivity contribution in [3.05, 3.63) is 69.4 Å². The monoisotopic (exact) mass is 549 g/mol. The number of benzene rings is 2. The fraction of sp³-hybridized carbons (Fsp3) is 0.345. The Balaban J connectivity index is 1.38. The molecule has 1 aliphatic rings. The number of hydrogen-bond acceptors (Lipinski definition) is 5. The Morgan fingerprint density at radius 3 is 2.69 bits per heavy atom. The SMILES string of the molecule is Cc1cc(F)ccc1Nc1nc2ccc3c(C)c(/C=C/CNC(=O)C4CCP(C)(=O)CC4)[nH]c(=O)c3c2n1C. The van der Waals surface area contributed by atoms with E-state index in [1.54, 1.807) is 6.07 Å². The van der Waals surface area contributed by atoms with Crippen molar-refractivity contribution >= 4 is 52.6 Å². The van der Waals surface area contributed by atoms with Crippen LogP contribution in [0, 0.1) is 25.6 Å². The Labute approximate surface area is 226 Å². The van der Waals surface area contributed by atoms with Gasteiger partial charge in [-0.3, -0.25) is 9.59 Å². The molecule has 0 atom stereocenters. The van der Waals surface area contributed by atoms with E-state index in [1.807, 2.05) is 56.4 Å². The second-order valence-corrected chi connectivity index (χ2v) is 14.1. The van der Waals surface area contributed by atoms with E-state index in [1.165, 1.54) is 12.1 Å². The molecular weight excluding hydrogens is 516 g/mol. The Morgan fingerprint density at radius 2 is 1.97 bits per heavy atom. The molecule has 8 nitrogen and oxygen atoms in total. The largest absolute Gasteiger partial charge is 0.352 e. The van der Waals surface area contributed by atoms with E-state index in [-0.39, 0.29) is 23.2 Å². The number of carbonyl (C=O) groups excluding carboxylic acids is 1. The second kappa shape index (κ2) is 10.5. The zero-order valence-electron chi connectivity index (χ0n) is 22.6. The van der Waals surface area contributed by atoms with Crippen LogP contribution in [0.2, 0.25) is 0 Å². The van der Waals surface area contributed by atoms with E-state index in [9.17, 15) is 18.5 Å². The average Bonchev–Trinajstić information content (AvgIpc) is 3.20. The molecule has 1 amide bonds. The van der Waals surface area contributed by atoms with Crippen LogP contribution in [0.25, 0.3) is 27.9 Å². The lowest BCUT2D eigenvalue weighted by Crippen LogP contribution is -2.33. The summed E-state index contributed by atoms with van der Waals surface area (Å²) in [6.45, 7) is 5.93. The highest BCUT2D eigenvalue weighted by molar-refractivity contribution is 7.63. The first-order valence-electron chi connectivity index (χ1n) is 13.1. The molecule has 3 heterocycles. The highest BCUT2D eigenvalue weighted by atomic mass is 31.2. The number of carbonyl (C=O) groups is 1. The van der Waals surface area contributed by atoms with Gasteiger partial charge in [-0.2, -0.15) is 0 Å². The number of anilines is 2. The smallest absolute Gasteiger partial charge is 0.258 e. The predicted octanol–water partition coefficient (Wildman–Crippen LogP) is 5.45. The second-order valence-electron chi connectivity index (χ2n) is 10.6. The quantitative estimate of drug-likeness (QED) is 0.277. The number of hydrogen-bond donors (Lipinski definition) is 3. The Hall–Kier alpha value is -3.71. The summed E-state index contributed by atoms with van der Waals surface area (Å²) in [7, 11) is -0.212. The van der Waals surface area contributed by atoms with Crippen molar-refractivity contribution in [2.24, 2.45) is 13.0 Å². The summed E-state index contributed by atoms with van der Waals surface area (Å²) < 4.78 is 27.5. The van der Waals surface area contributed by atoms with E-state index in [0.29, 0.717) is 59.8 Å². The zero-order valence-corrected chi connectivity index (χ0v) is 23.5. The Bertz CT molecular complexity index is 1730. The van der Waals surface area contributed by atoms with Gasteiger partial charge in [0.1, 0.15) is 5.82 Å². The maximum absolute atomic E-state index is 13.5. The standard InChI is InChI=1S/C29H33FN5O3P/c1-17-16-20(30)7-9-22(17)33-29-34-24-10-8-21-18(2)23(32-28(37)25(21)26(24)35(29)3)6-5-13-31-27(36)19-11-14-39(4,38)15-12-19/h5-10,16,19H,11-15H2,1-4H3,(H,31,36)(H,32,37)(H,33,34)/b6-5+. The minimum absolute atomic E-state index is 0.0121. The van der Waals surface area contributed by atoms with Crippen LogP contribution in [0.3, 0.4) is 0 Å². The predicted molar refractivity (Wildman–Crippen MR) is 156 cm³/mol. The number of H-pyrrole nitrogens is 1. The molecule has 0 spiro atoms. The molecule has 1 saturated heterocycles. The third-order valence-electron chi connectivity index (χ3n) is 7.70. The third-order valence-corrected chi connectivity index (χ3v) is 10.1. The first-order chi connectivity index (χ1) is 18.5. The van der Waals surface area contributed by atoms with E-state index in [4.69, 9.17) is 0 Å². The van der Waals surface area contributed by atoms with Crippen molar-refractivity contribution in [3.63, 3.8) is 0 Å². The number of rotatable bonds is 6. The summed E-state index contributed by atoms with van der Waals surface area (Å²) in [6, 6.07) is 8.30. The maximum atomic E-state index is 13.5. The molecule has 0 saturated carbocycles. The molecule has 0 bridgehead atoms. The van der Waals surface area contributed by atoms with Gasteiger partial charge in [-0.05, 0) is 80.2 Å². The summed E-state index contributed by atoms with van der Waals surface area (Å²) in [5.74, 6) is 0.141. The van der Waals surface area contributed by atoms with Gasteiger partial charge in [0.15, 0.2) is 0 Å². The number of imidazole rings is 1.